The van der Waals surface area contributed by atoms with E-state index in [0.29, 0.717) is 12.0 Å². The molecule has 3 heteroatoms. The Hall–Kier alpha value is -0.930. The van der Waals surface area contributed by atoms with E-state index in [1.807, 2.05) is 6.07 Å². The quantitative estimate of drug-likeness (QED) is 0.854. The maximum atomic E-state index is 13.5. The van der Waals surface area contributed by atoms with Crippen molar-refractivity contribution < 1.29 is 9.13 Å². The van der Waals surface area contributed by atoms with Gasteiger partial charge in [0.1, 0.15) is 5.82 Å². The average molecular weight is 237 g/mol. The van der Waals surface area contributed by atoms with E-state index in [-0.39, 0.29) is 17.5 Å². The molecule has 94 valence electrons. The molecule has 2 N–H and O–H groups in total. The van der Waals surface area contributed by atoms with Crippen molar-refractivity contribution in [1.82, 2.24) is 0 Å². The third kappa shape index (κ3) is 2.85. The van der Waals surface area contributed by atoms with Crippen LogP contribution in [0, 0.1) is 5.82 Å². The van der Waals surface area contributed by atoms with Crippen LogP contribution in [0.1, 0.15) is 31.2 Å². The molecule has 2 rings (SSSR count). The molecule has 1 aliphatic carbocycles. The lowest BCUT2D eigenvalue weighted by Gasteiger charge is -2.42. The molecule has 1 aromatic rings. The third-order valence-corrected chi connectivity index (χ3v) is 3.77. The van der Waals surface area contributed by atoms with Gasteiger partial charge >= 0.3 is 0 Å². The Kier molecular flexibility index (Phi) is 3.79. The van der Waals surface area contributed by atoms with Crippen LogP contribution in [0.2, 0.25) is 0 Å². The van der Waals surface area contributed by atoms with Crippen molar-refractivity contribution in [3.05, 3.63) is 35.6 Å². The van der Waals surface area contributed by atoms with Crippen LogP contribution in [0.15, 0.2) is 24.3 Å². The highest BCUT2D eigenvalue weighted by atomic mass is 19.1. The van der Waals surface area contributed by atoms with Gasteiger partial charge in [-0.2, -0.15) is 0 Å². The lowest BCUT2D eigenvalue weighted by Crippen LogP contribution is -2.45. The van der Waals surface area contributed by atoms with Gasteiger partial charge in [-0.1, -0.05) is 18.2 Å². The van der Waals surface area contributed by atoms with E-state index < -0.39 is 0 Å². The molecule has 0 saturated heterocycles. The van der Waals surface area contributed by atoms with E-state index in [1.165, 1.54) is 12.5 Å². The number of rotatable bonds is 5. The first-order valence-electron chi connectivity index (χ1n) is 6.19. The van der Waals surface area contributed by atoms with Crippen LogP contribution in [0.4, 0.5) is 4.39 Å². The largest absolute Gasteiger partial charge is 0.378 e. The fourth-order valence-electron chi connectivity index (χ4n) is 2.56. The maximum Gasteiger partial charge on any atom is 0.126 e. The van der Waals surface area contributed by atoms with Crippen molar-refractivity contribution in [2.24, 2.45) is 5.73 Å². The van der Waals surface area contributed by atoms with Gasteiger partial charge in [-0.25, -0.2) is 4.39 Å². The van der Waals surface area contributed by atoms with Crippen molar-refractivity contribution in [3.63, 3.8) is 0 Å². The van der Waals surface area contributed by atoms with E-state index in [4.69, 9.17) is 10.5 Å². The van der Waals surface area contributed by atoms with Crippen molar-refractivity contribution >= 4 is 0 Å². The summed E-state index contributed by atoms with van der Waals surface area (Å²) in [5, 5.41) is 0. The van der Waals surface area contributed by atoms with Crippen molar-refractivity contribution in [1.29, 1.82) is 0 Å². The summed E-state index contributed by atoms with van der Waals surface area (Å²) in [6, 6.07) is 6.80. The highest BCUT2D eigenvalue weighted by molar-refractivity contribution is 5.18. The SMILES string of the molecule is COC1(CC(N)Cc2ccccc2F)CCC1. The first-order valence-corrected chi connectivity index (χ1v) is 6.19. The highest BCUT2D eigenvalue weighted by Gasteiger charge is 2.38. The van der Waals surface area contributed by atoms with E-state index in [2.05, 4.69) is 0 Å². The lowest BCUT2D eigenvalue weighted by molar-refractivity contribution is -0.0813. The Bertz CT molecular complexity index is 371. The number of ether oxygens (including phenoxy) is 1. The minimum Gasteiger partial charge on any atom is -0.378 e. The summed E-state index contributed by atoms with van der Waals surface area (Å²) in [5.41, 5.74) is 6.76. The van der Waals surface area contributed by atoms with Crippen LogP contribution < -0.4 is 5.73 Å². The molecule has 0 aliphatic heterocycles. The van der Waals surface area contributed by atoms with Crippen LogP contribution in [0.3, 0.4) is 0 Å². The number of halogens is 1. The predicted octanol–water partition coefficient (Wildman–Crippen LogP) is 2.65. The van der Waals surface area contributed by atoms with Gasteiger partial charge in [-0.3, -0.25) is 0 Å². The zero-order valence-electron chi connectivity index (χ0n) is 10.3. The summed E-state index contributed by atoms with van der Waals surface area (Å²) in [4.78, 5) is 0. The smallest absolute Gasteiger partial charge is 0.126 e. The van der Waals surface area contributed by atoms with Crippen molar-refractivity contribution in [2.75, 3.05) is 7.11 Å². The van der Waals surface area contributed by atoms with Crippen LogP contribution in [0.25, 0.3) is 0 Å². The fraction of sp³-hybridized carbons (Fsp3) is 0.571. The number of methoxy groups -OCH3 is 1. The molecule has 0 bridgehead atoms. The van der Waals surface area contributed by atoms with Gasteiger partial charge in [-0.05, 0) is 43.7 Å². The normalized spacial score (nSPS) is 19.7. The predicted molar refractivity (Wildman–Crippen MR) is 66.3 cm³/mol. The standard InChI is InChI=1S/C14H20FNO/c1-17-14(7-4-8-14)10-12(16)9-11-5-2-3-6-13(11)15/h2-3,5-6,12H,4,7-10,16H2,1H3. The fourth-order valence-corrected chi connectivity index (χ4v) is 2.56. The van der Waals surface area contributed by atoms with Gasteiger partial charge in [0, 0.05) is 13.2 Å². The maximum absolute atomic E-state index is 13.5. The summed E-state index contributed by atoms with van der Waals surface area (Å²) in [6.45, 7) is 0. The molecule has 1 aliphatic rings. The second kappa shape index (κ2) is 5.15. The molecule has 0 amide bonds. The minimum atomic E-state index is -0.164. The van der Waals surface area contributed by atoms with Crippen LogP contribution in [0.5, 0.6) is 0 Å². The zero-order chi connectivity index (χ0) is 12.3. The third-order valence-electron chi connectivity index (χ3n) is 3.77. The van der Waals surface area contributed by atoms with E-state index in [9.17, 15) is 4.39 Å². The molecule has 1 saturated carbocycles. The first-order chi connectivity index (χ1) is 8.15. The number of nitrogens with two attached hydrogens (primary N) is 1. The van der Waals surface area contributed by atoms with Gasteiger partial charge < -0.3 is 10.5 Å². The Morgan fingerprint density at radius 2 is 2.12 bits per heavy atom. The summed E-state index contributed by atoms with van der Waals surface area (Å²) in [6.07, 6.45) is 4.76. The average Bonchev–Trinajstić information content (AvgIpc) is 2.27. The van der Waals surface area contributed by atoms with Crippen LogP contribution in [-0.4, -0.2) is 18.8 Å². The van der Waals surface area contributed by atoms with Gasteiger partial charge in [0.2, 0.25) is 0 Å². The van der Waals surface area contributed by atoms with Gasteiger partial charge in [-0.15, -0.1) is 0 Å². The van der Waals surface area contributed by atoms with E-state index in [0.717, 1.165) is 19.3 Å². The Labute approximate surface area is 102 Å². The van der Waals surface area contributed by atoms with Gasteiger partial charge in [0.05, 0.1) is 5.60 Å². The van der Waals surface area contributed by atoms with Gasteiger partial charge in [0.25, 0.3) is 0 Å². The summed E-state index contributed by atoms with van der Waals surface area (Å²) >= 11 is 0. The summed E-state index contributed by atoms with van der Waals surface area (Å²) in [5.74, 6) is -0.164. The summed E-state index contributed by atoms with van der Waals surface area (Å²) < 4.78 is 19.0. The van der Waals surface area contributed by atoms with Crippen molar-refractivity contribution in [3.8, 4) is 0 Å². The zero-order valence-corrected chi connectivity index (χ0v) is 10.3. The molecule has 1 fully saturated rings. The second-order valence-corrected chi connectivity index (χ2v) is 5.00. The number of hydrogen-bond donors (Lipinski definition) is 1. The molecular weight excluding hydrogens is 217 g/mol. The minimum absolute atomic E-state index is 0.0350. The summed E-state index contributed by atoms with van der Waals surface area (Å²) in [7, 11) is 1.75. The number of hydrogen-bond acceptors (Lipinski definition) is 2. The second-order valence-electron chi connectivity index (χ2n) is 5.00. The van der Waals surface area contributed by atoms with Crippen LogP contribution >= 0.6 is 0 Å². The molecule has 0 aromatic heterocycles. The van der Waals surface area contributed by atoms with Crippen LogP contribution in [-0.2, 0) is 11.2 Å². The molecule has 0 radical (unpaired) electrons. The monoisotopic (exact) mass is 237 g/mol. The molecule has 1 aromatic carbocycles. The molecule has 1 unspecified atom stereocenters. The molecule has 0 spiro atoms. The van der Waals surface area contributed by atoms with Gasteiger partial charge in [0.15, 0.2) is 0 Å². The van der Waals surface area contributed by atoms with E-state index >= 15 is 0 Å². The lowest BCUT2D eigenvalue weighted by atomic mass is 9.75. The first kappa shape index (κ1) is 12.5. The molecule has 17 heavy (non-hydrogen) atoms. The highest BCUT2D eigenvalue weighted by Crippen LogP contribution is 2.38. The molecule has 0 heterocycles. The molecular formula is C14H20FNO. The topological polar surface area (TPSA) is 35.2 Å². The Balaban J connectivity index is 1.93. The van der Waals surface area contributed by atoms with Crippen molar-refractivity contribution in [2.45, 2.75) is 43.7 Å². The molecule has 1 atom stereocenters. The Morgan fingerprint density at radius 3 is 2.65 bits per heavy atom. The number of benzene rings is 1. The Morgan fingerprint density at radius 1 is 1.41 bits per heavy atom. The molecule has 2 nitrogen and oxygen atoms in total. The van der Waals surface area contributed by atoms with E-state index in [1.54, 1.807) is 19.2 Å².